The number of furan rings is 1. The van der Waals surface area contributed by atoms with Crippen molar-refractivity contribution in [2.24, 2.45) is 0 Å². The molecule has 0 saturated heterocycles. The number of benzene rings is 1. The van der Waals surface area contributed by atoms with Gasteiger partial charge in [0.05, 0.1) is 22.6 Å². The maximum absolute atomic E-state index is 12.6. The zero-order chi connectivity index (χ0) is 21.7. The molecule has 0 aliphatic carbocycles. The quantitative estimate of drug-likeness (QED) is 0.486. The minimum atomic E-state index is -3.64. The highest BCUT2D eigenvalue weighted by atomic mass is 32.2. The number of sulfone groups is 1. The van der Waals surface area contributed by atoms with E-state index in [4.69, 9.17) is 9.15 Å². The van der Waals surface area contributed by atoms with Gasteiger partial charge >= 0.3 is 5.97 Å². The van der Waals surface area contributed by atoms with E-state index in [0.717, 1.165) is 0 Å². The summed E-state index contributed by atoms with van der Waals surface area (Å²) >= 11 is 1.27. The van der Waals surface area contributed by atoms with Gasteiger partial charge in [-0.3, -0.25) is 9.69 Å². The van der Waals surface area contributed by atoms with Crippen molar-refractivity contribution in [3.8, 4) is 0 Å². The van der Waals surface area contributed by atoms with Crippen LogP contribution in [-0.4, -0.2) is 31.8 Å². The largest absolute Gasteiger partial charge is 0.457 e. The lowest BCUT2D eigenvalue weighted by molar-refractivity contribution is -0.116. The molecule has 0 N–H and O–H groups in total. The molecule has 0 atom stereocenters. The number of carbonyl (C=O) groups excluding carboxylic acids is 2. The Morgan fingerprint density at radius 2 is 1.93 bits per heavy atom. The number of nitrogens with zero attached hydrogens (tertiary/aromatic N) is 2. The molecule has 2 heterocycles. The van der Waals surface area contributed by atoms with Crippen LogP contribution in [0.2, 0.25) is 0 Å². The lowest BCUT2D eigenvalue weighted by atomic mass is 10.3. The number of carbonyl (C=O) groups is 2. The van der Waals surface area contributed by atoms with E-state index < -0.39 is 15.8 Å². The number of amides is 1. The van der Waals surface area contributed by atoms with Gasteiger partial charge in [-0.1, -0.05) is 18.2 Å². The van der Waals surface area contributed by atoms with Crippen LogP contribution in [0, 0.1) is 0 Å². The monoisotopic (exact) mass is 448 g/mol. The van der Waals surface area contributed by atoms with Crippen molar-refractivity contribution in [3.05, 3.63) is 65.1 Å². The third-order valence-corrected chi connectivity index (χ3v) is 6.79. The summed E-state index contributed by atoms with van der Waals surface area (Å²) in [5, 5.41) is 2.21. The minimum Gasteiger partial charge on any atom is -0.457 e. The summed E-state index contributed by atoms with van der Waals surface area (Å²) in [6.07, 6.45) is 1.25. The van der Waals surface area contributed by atoms with E-state index in [1.807, 2.05) is 6.92 Å². The van der Waals surface area contributed by atoms with E-state index in [2.05, 4.69) is 4.98 Å². The number of anilines is 1. The van der Waals surface area contributed by atoms with Crippen LogP contribution in [0.15, 0.2) is 57.4 Å². The Morgan fingerprint density at radius 3 is 2.60 bits per heavy atom. The fourth-order valence-electron chi connectivity index (χ4n) is 2.73. The van der Waals surface area contributed by atoms with Crippen LogP contribution in [0.3, 0.4) is 0 Å². The highest BCUT2D eigenvalue weighted by Crippen LogP contribution is 2.23. The lowest BCUT2D eigenvalue weighted by Gasteiger charge is -2.14. The van der Waals surface area contributed by atoms with E-state index in [1.165, 1.54) is 47.6 Å². The van der Waals surface area contributed by atoms with Crippen molar-refractivity contribution in [2.45, 2.75) is 31.1 Å². The van der Waals surface area contributed by atoms with E-state index in [9.17, 15) is 18.0 Å². The van der Waals surface area contributed by atoms with Crippen LogP contribution in [0.4, 0.5) is 5.13 Å². The molecule has 1 aromatic carbocycles. The molecule has 0 aliphatic rings. The van der Waals surface area contributed by atoms with Gasteiger partial charge in [0.25, 0.3) is 0 Å². The Labute approximate surface area is 178 Å². The first-order valence-electron chi connectivity index (χ1n) is 9.05. The Balaban J connectivity index is 1.67. The first-order chi connectivity index (χ1) is 14.3. The van der Waals surface area contributed by atoms with Crippen LogP contribution in [0.1, 0.15) is 35.7 Å². The van der Waals surface area contributed by atoms with Gasteiger partial charge in [-0.25, -0.2) is 18.2 Å². The first-order valence-corrected chi connectivity index (χ1v) is 11.6. The van der Waals surface area contributed by atoms with Gasteiger partial charge in [0.2, 0.25) is 11.7 Å². The molecule has 0 fully saturated rings. The second-order valence-corrected chi connectivity index (χ2v) is 9.13. The van der Waals surface area contributed by atoms with Crippen LogP contribution in [0.25, 0.3) is 0 Å². The maximum Gasteiger partial charge on any atom is 0.374 e. The fourth-order valence-corrected chi connectivity index (χ4v) is 5.02. The molecule has 1 amide bonds. The fraction of sp³-hybridized carbons (Fsp3) is 0.250. The molecule has 0 bridgehead atoms. The summed E-state index contributed by atoms with van der Waals surface area (Å²) in [4.78, 5) is 30.0. The second-order valence-electron chi connectivity index (χ2n) is 6.31. The van der Waals surface area contributed by atoms with Crippen molar-refractivity contribution in [2.75, 3.05) is 11.4 Å². The summed E-state index contributed by atoms with van der Waals surface area (Å²) in [5.41, 5.74) is 0.699. The summed E-state index contributed by atoms with van der Waals surface area (Å²) in [7, 11) is -3.64. The minimum absolute atomic E-state index is 0.129. The van der Waals surface area contributed by atoms with E-state index in [1.54, 1.807) is 23.6 Å². The topological polar surface area (TPSA) is 107 Å². The van der Waals surface area contributed by atoms with Gasteiger partial charge in [-0.05, 0) is 25.1 Å². The van der Waals surface area contributed by atoms with Gasteiger partial charge in [0.1, 0.15) is 6.61 Å². The molecular formula is C20H20N2O6S2. The molecule has 158 valence electrons. The highest BCUT2D eigenvalue weighted by molar-refractivity contribution is 7.90. The van der Waals surface area contributed by atoms with Gasteiger partial charge in [-0.2, -0.15) is 0 Å². The molecule has 0 aliphatic heterocycles. The second kappa shape index (κ2) is 9.23. The van der Waals surface area contributed by atoms with E-state index >= 15 is 0 Å². The summed E-state index contributed by atoms with van der Waals surface area (Å²) in [5.74, 6) is -1.46. The Kier molecular flexibility index (Phi) is 6.68. The van der Waals surface area contributed by atoms with Crippen LogP contribution >= 0.6 is 11.3 Å². The molecular weight excluding hydrogens is 428 g/mol. The van der Waals surface area contributed by atoms with Gasteiger partial charge in [-0.15, -0.1) is 11.3 Å². The zero-order valence-electron chi connectivity index (χ0n) is 16.4. The molecule has 8 nitrogen and oxygen atoms in total. The normalized spacial score (nSPS) is 11.3. The predicted octanol–water partition coefficient (Wildman–Crippen LogP) is 3.44. The average Bonchev–Trinajstić information content (AvgIpc) is 3.36. The van der Waals surface area contributed by atoms with E-state index in [-0.39, 0.29) is 34.5 Å². The molecule has 3 aromatic rings. The Hall–Kier alpha value is -2.98. The standard InChI is InChI=1S/C20H20N2O6S2/c1-3-22(14(2)23)20-21-16(12-29-20)11-28-19(24)18-15(9-10-27-18)13-30(25,26)17-7-5-4-6-8-17/h4-10,12H,3,11,13H2,1-2H3. The van der Waals surface area contributed by atoms with Crippen molar-refractivity contribution < 1.29 is 27.2 Å². The molecule has 0 radical (unpaired) electrons. The SMILES string of the molecule is CCN(C(C)=O)c1nc(COC(=O)c2occc2CS(=O)(=O)c2ccccc2)cs1. The van der Waals surface area contributed by atoms with Crippen LogP contribution in [0.5, 0.6) is 0 Å². The summed E-state index contributed by atoms with van der Waals surface area (Å²) in [6, 6.07) is 9.40. The number of hydrogen-bond donors (Lipinski definition) is 0. The molecule has 10 heteroatoms. The number of aromatic nitrogens is 1. The summed E-state index contributed by atoms with van der Waals surface area (Å²) < 4.78 is 35.6. The van der Waals surface area contributed by atoms with Gasteiger partial charge in [0, 0.05) is 24.4 Å². The van der Waals surface area contributed by atoms with E-state index in [0.29, 0.717) is 17.4 Å². The van der Waals surface area contributed by atoms with Crippen LogP contribution < -0.4 is 4.90 Å². The Bertz CT molecular complexity index is 1140. The number of hydrogen-bond acceptors (Lipinski definition) is 8. The van der Waals surface area contributed by atoms with Crippen molar-refractivity contribution in [1.82, 2.24) is 4.98 Å². The summed E-state index contributed by atoms with van der Waals surface area (Å²) in [6.45, 7) is 3.64. The average molecular weight is 449 g/mol. The molecule has 0 saturated carbocycles. The Morgan fingerprint density at radius 1 is 1.20 bits per heavy atom. The molecule has 0 spiro atoms. The number of ether oxygens (including phenoxy) is 1. The zero-order valence-corrected chi connectivity index (χ0v) is 18.0. The smallest absolute Gasteiger partial charge is 0.374 e. The molecule has 30 heavy (non-hydrogen) atoms. The maximum atomic E-state index is 12.6. The van der Waals surface area contributed by atoms with Crippen molar-refractivity contribution >= 4 is 38.2 Å². The van der Waals surface area contributed by atoms with Crippen molar-refractivity contribution in [1.29, 1.82) is 0 Å². The molecule has 2 aromatic heterocycles. The van der Waals surface area contributed by atoms with Crippen molar-refractivity contribution in [3.63, 3.8) is 0 Å². The molecule has 3 rings (SSSR count). The number of thiazole rings is 1. The lowest BCUT2D eigenvalue weighted by Crippen LogP contribution is -2.27. The first kappa shape index (κ1) is 21.7. The molecule has 0 unspecified atom stereocenters. The van der Waals surface area contributed by atoms with Gasteiger partial charge < -0.3 is 9.15 Å². The third kappa shape index (κ3) is 4.95. The third-order valence-electron chi connectivity index (χ3n) is 4.20. The predicted molar refractivity (Wildman–Crippen MR) is 111 cm³/mol. The highest BCUT2D eigenvalue weighted by Gasteiger charge is 2.24. The number of esters is 1. The van der Waals surface area contributed by atoms with Crippen LogP contribution in [-0.2, 0) is 31.7 Å². The van der Waals surface area contributed by atoms with Gasteiger partial charge in [0.15, 0.2) is 15.0 Å². The number of rotatable bonds is 8.